The van der Waals surface area contributed by atoms with Crippen LogP contribution in [0.2, 0.25) is 0 Å². The van der Waals surface area contributed by atoms with E-state index in [-0.39, 0.29) is 5.91 Å². The molecular formula is C8H8N2O. The molecule has 2 radical (unpaired) electrons. The zero-order chi connectivity index (χ0) is 8.27. The van der Waals surface area contributed by atoms with Gasteiger partial charge in [0.25, 0.3) is 5.91 Å². The summed E-state index contributed by atoms with van der Waals surface area (Å²) < 4.78 is 0. The minimum atomic E-state index is -0.315. The molecule has 3 heteroatoms. The molecule has 0 aliphatic heterocycles. The number of nitrogen functional groups attached to an aromatic ring is 1. The van der Waals surface area contributed by atoms with E-state index in [1.807, 2.05) is 5.32 Å². The first kappa shape index (κ1) is 7.60. The van der Waals surface area contributed by atoms with Crippen molar-refractivity contribution in [3.8, 4) is 0 Å². The number of hydrogen-bond donors (Lipinski definition) is 2. The van der Waals surface area contributed by atoms with Crippen molar-refractivity contribution in [3.63, 3.8) is 0 Å². The highest BCUT2D eigenvalue weighted by molar-refractivity contribution is 5.94. The largest absolute Gasteiger partial charge is 0.399 e. The first-order valence-electron chi connectivity index (χ1n) is 3.10. The number of nitrogens with one attached hydrogen (secondary N) is 1. The number of amides is 1. The van der Waals surface area contributed by atoms with Gasteiger partial charge in [0.2, 0.25) is 0 Å². The Bertz CT molecular complexity index is 253. The normalized spacial score (nSPS) is 9.18. The van der Waals surface area contributed by atoms with Crippen molar-refractivity contribution in [2.45, 2.75) is 0 Å². The number of rotatable bonds is 1. The molecule has 0 saturated heterocycles. The lowest BCUT2D eigenvalue weighted by molar-refractivity contribution is 0.0969. The molecule has 0 unspecified atom stereocenters. The highest BCUT2D eigenvalue weighted by Gasteiger charge is 1.99. The number of carbonyl (C=O) groups excluding carboxylic acids is 1. The Balaban J connectivity index is 2.90. The van der Waals surface area contributed by atoms with Crippen molar-refractivity contribution in [2.75, 3.05) is 5.73 Å². The summed E-state index contributed by atoms with van der Waals surface area (Å²) in [6.45, 7) is 0. The quantitative estimate of drug-likeness (QED) is 0.454. The molecule has 1 rings (SSSR count). The SMILES string of the molecule is [CH]NC(=O)c1ccc(N)cc1. The Kier molecular flexibility index (Phi) is 2.11. The van der Waals surface area contributed by atoms with Gasteiger partial charge in [0, 0.05) is 11.3 Å². The van der Waals surface area contributed by atoms with Gasteiger partial charge in [-0.1, -0.05) is 0 Å². The van der Waals surface area contributed by atoms with Gasteiger partial charge in [-0.2, -0.15) is 0 Å². The van der Waals surface area contributed by atoms with E-state index >= 15 is 0 Å². The van der Waals surface area contributed by atoms with Crippen molar-refractivity contribution < 1.29 is 4.79 Å². The maximum Gasteiger partial charge on any atom is 0.251 e. The highest BCUT2D eigenvalue weighted by atomic mass is 16.1. The van der Waals surface area contributed by atoms with Gasteiger partial charge in [-0.25, -0.2) is 0 Å². The molecule has 0 aliphatic rings. The molecule has 0 spiro atoms. The molecule has 3 nitrogen and oxygen atoms in total. The third kappa shape index (κ3) is 1.70. The van der Waals surface area contributed by atoms with E-state index < -0.39 is 0 Å². The van der Waals surface area contributed by atoms with E-state index in [1.54, 1.807) is 24.3 Å². The Hall–Kier alpha value is -1.51. The van der Waals surface area contributed by atoms with Crippen LogP contribution < -0.4 is 11.1 Å². The van der Waals surface area contributed by atoms with E-state index in [0.29, 0.717) is 11.3 Å². The van der Waals surface area contributed by atoms with Crippen LogP contribution in [0, 0.1) is 7.05 Å². The van der Waals surface area contributed by atoms with Gasteiger partial charge in [0.05, 0.1) is 7.05 Å². The molecule has 3 N–H and O–H groups in total. The molecule has 0 aromatic heterocycles. The average molecular weight is 148 g/mol. The zero-order valence-corrected chi connectivity index (χ0v) is 5.87. The van der Waals surface area contributed by atoms with Crippen LogP contribution in [-0.2, 0) is 0 Å². The van der Waals surface area contributed by atoms with Crippen molar-refractivity contribution in [3.05, 3.63) is 36.9 Å². The van der Waals surface area contributed by atoms with Crippen molar-refractivity contribution in [1.82, 2.24) is 5.32 Å². The van der Waals surface area contributed by atoms with E-state index in [0.717, 1.165) is 0 Å². The second-order valence-electron chi connectivity index (χ2n) is 2.10. The van der Waals surface area contributed by atoms with E-state index in [4.69, 9.17) is 12.8 Å². The molecule has 0 heterocycles. The molecular weight excluding hydrogens is 140 g/mol. The summed E-state index contributed by atoms with van der Waals surface area (Å²) in [5, 5.41) is 2.02. The average Bonchev–Trinajstić information content (AvgIpc) is 2.05. The predicted molar refractivity (Wildman–Crippen MR) is 42.6 cm³/mol. The van der Waals surface area contributed by atoms with Crippen LogP contribution in [0.25, 0.3) is 0 Å². The molecule has 0 atom stereocenters. The van der Waals surface area contributed by atoms with Crippen LogP contribution in [0.5, 0.6) is 0 Å². The first-order valence-corrected chi connectivity index (χ1v) is 3.10. The second-order valence-corrected chi connectivity index (χ2v) is 2.10. The van der Waals surface area contributed by atoms with E-state index in [9.17, 15) is 4.79 Å². The fourth-order valence-corrected chi connectivity index (χ4v) is 0.718. The molecule has 0 bridgehead atoms. The molecule has 0 aliphatic carbocycles. The number of anilines is 1. The van der Waals surface area contributed by atoms with Gasteiger partial charge in [-0.3, -0.25) is 4.79 Å². The van der Waals surface area contributed by atoms with Crippen molar-refractivity contribution in [1.29, 1.82) is 0 Å². The lowest BCUT2D eigenvalue weighted by atomic mass is 10.2. The minimum absolute atomic E-state index is 0.315. The summed E-state index contributed by atoms with van der Waals surface area (Å²) in [4.78, 5) is 10.8. The Morgan fingerprint density at radius 2 is 1.91 bits per heavy atom. The lowest BCUT2D eigenvalue weighted by Crippen LogP contribution is -2.15. The van der Waals surface area contributed by atoms with Gasteiger partial charge in [-0.05, 0) is 24.3 Å². The molecule has 56 valence electrons. The van der Waals surface area contributed by atoms with Crippen LogP contribution >= 0.6 is 0 Å². The standard InChI is InChI=1S/C8H8N2O/c1-10-8(11)6-2-4-7(9)5-3-6/h1-5H,9H2,(H,10,11). The van der Waals surface area contributed by atoms with E-state index in [1.165, 1.54) is 0 Å². The van der Waals surface area contributed by atoms with Gasteiger partial charge in [0.15, 0.2) is 0 Å². The van der Waals surface area contributed by atoms with Crippen LogP contribution in [-0.4, -0.2) is 5.91 Å². The fourth-order valence-electron chi connectivity index (χ4n) is 0.718. The monoisotopic (exact) mass is 148 g/mol. The first-order chi connectivity index (χ1) is 5.24. The Labute approximate surface area is 65.2 Å². The molecule has 1 aromatic rings. The molecule has 0 saturated carbocycles. The maximum atomic E-state index is 10.8. The third-order valence-corrected chi connectivity index (χ3v) is 1.30. The summed E-state index contributed by atoms with van der Waals surface area (Å²) in [6.07, 6.45) is 0. The number of hydrogen-bond acceptors (Lipinski definition) is 2. The van der Waals surface area contributed by atoms with Crippen LogP contribution in [0.3, 0.4) is 0 Å². The molecule has 0 fully saturated rings. The third-order valence-electron chi connectivity index (χ3n) is 1.30. The number of nitrogens with two attached hydrogens (primary N) is 1. The molecule has 1 amide bonds. The number of benzene rings is 1. The van der Waals surface area contributed by atoms with Crippen LogP contribution in [0.1, 0.15) is 10.4 Å². The summed E-state index contributed by atoms with van der Waals surface area (Å²) in [7, 11) is 4.91. The topological polar surface area (TPSA) is 55.1 Å². The van der Waals surface area contributed by atoms with Gasteiger partial charge in [0.1, 0.15) is 0 Å². The molecule has 1 aromatic carbocycles. The second kappa shape index (κ2) is 3.05. The summed E-state index contributed by atoms with van der Waals surface area (Å²) in [5.74, 6) is -0.315. The van der Waals surface area contributed by atoms with Gasteiger partial charge >= 0.3 is 0 Å². The van der Waals surface area contributed by atoms with Gasteiger partial charge in [-0.15, -0.1) is 0 Å². The number of carbonyl (C=O) groups is 1. The zero-order valence-electron chi connectivity index (χ0n) is 5.87. The van der Waals surface area contributed by atoms with Crippen molar-refractivity contribution in [2.24, 2.45) is 0 Å². The Morgan fingerprint density at radius 3 is 2.36 bits per heavy atom. The lowest BCUT2D eigenvalue weighted by Gasteiger charge is -1.98. The fraction of sp³-hybridized carbons (Fsp3) is 0. The Morgan fingerprint density at radius 1 is 1.36 bits per heavy atom. The van der Waals surface area contributed by atoms with Gasteiger partial charge < -0.3 is 11.1 Å². The van der Waals surface area contributed by atoms with Crippen LogP contribution in [0.4, 0.5) is 5.69 Å². The minimum Gasteiger partial charge on any atom is -0.399 e. The van der Waals surface area contributed by atoms with Crippen molar-refractivity contribution >= 4 is 11.6 Å². The predicted octanol–water partition coefficient (Wildman–Crippen LogP) is 0.667. The van der Waals surface area contributed by atoms with E-state index in [2.05, 4.69) is 0 Å². The highest BCUT2D eigenvalue weighted by Crippen LogP contribution is 2.04. The summed E-state index contributed by atoms with van der Waals surface area (Å²) >= 11 is 0. The molecule has 11 heavy (non-hydrogen) atoms. The maximum absolute atomic E-state index is 10.8. The smallest absolute Gasteiger partial charge is 0.251 e. The summed E-state index contributed by atoms with van der Waals surface area (Å²) in [6, 6.07) is 6.50. The summed E-state index contributed by atoms with van der Waals surface area (Å²) in [5.41, 5.74) is 6.53. The van der Waals surface area contributed by atoms with Crippen LogP contribution in [0.15, 0.2) is 24.3 Å².